The van der Waals surface area contributed by atoms with Crippen LogP contribution in [0.4, 0.5) is 0 Å². The molecule has 3 heteroatoms. The summed E-state index contributed by atoms with van der Waals surface area (Å²) in [6, 6.07) is 13.6. The standard InChI is InChI=1S/C17H17NO2/c1-2-3-10-18-15-7-5-4-6-13(15)14-11-12(17(19)20)8-9-16(14)18/h4-9,11H,2-3,10H2,1H3,(H,19,20). The summed E-state index contributed by atoms with van der Waals surface area (Å²) in [5, 5.41) is 11.3. The highest BCUT2D eigenvalue weighted by Crippen LogP contribution is 2.30. The Hall–Kier alpha value is -2.29. The molecule has 0 fully saturated rings. The van der Waals surface area contributed by atoms with Crippen molar-refractivity contribution in [1.82, 2.24) is 4.57 Å². The highest BCUT2D eigenvalue weighted by molar-refractivity contribution is 6.10. The Morgan fingerprint density at radius 2 is 1.85 bits per heavy atom. The minimum Gasteiger partial charge on any atom is -0.478 e. The number of benzene rings is 2. The van der Waals surface area contributed by atoms with Crippen molar-refractivity contribution in [3.63, 3.8) is 0 Å². The van der Waals surface area contributed by atoms with Gasteiger partial charge in [0.15, 0.2) is 0 Å². The highest BCUT2D eigenvalue weighted by Gasteiger charge is 2.12. The van der Waals surface area contributed by atoms with E-state index in [4.69, 9.17) is 5.11 Å². The number of fused-ring (bicyclic) bond motifs is 3. The zero-order valence-corrected chi connectivity index (χ0v) is 11.5. The van der Waals surface area contributed by atoms with Crippen molar-refractivity contribution in [1.29, 1.82) is 0 Å². The van der Waals surface area contributed by atoms with Gasteiger partial charge in [-0.2, -0.15) is 0 Å². The van der Waals surface area contributed by atoms with Crippen LogP contribution in [0.3, 0.4) is 0 Å². The average molecular weight is 267 g/mol. The first kappa shape index (κ1) is 12.7. The number of para-hydroxylation sites is 1. The lowest BCUT2D eigenvalue weighted by molar-refractivity contribution is 0.0697. The van der Waals surface area contributed by atoms with Crippen molar-refractivity contribution in [2.45, 2.75) is 26.3 Å². The molecule has 0 bridgehead atoms. The Labute approximate surface area is 117 Å². The molecule has 0 spiro atoms. The van der Waals surface area contributed by atoms with E-state index in [1.54, 1.807) is 12.1 Å². The van der Waals surface area contributed by atoms with Gasteiger partial charge in [0.25, 0.3) is 0 Å². The Balaban J connectivity index is 2.32. The molecule has 0 radical (unpaired) electrons. The molecular formula is C17H17NO2. The van der Waals surface area contributed by atoms with Gasteiger partial charge in [-0.15, -0.1) is 0 Å². The monoisotopic (exact) mass is 267 g/mol. The van der Waals surface area contributed by atoms with Crippen molar-refractivity contribution >= 4 is 27.8 Å². The van der Waals surface area contributed by atoms with Crippen molar-refractivity contribution in [3.05, 3.63) is 48.0 Å². The number of nitrogens with zero attached hydrogens (tertiary/aromatic N) is 1. The lowest BCUT2D eigenvalue weighted by Crippen LogP contribution is -1.98. The summed E-state index contributed by atoms with van der Waals surface area (Å²) in [4.78, 5) is 11.2. The fraction of sp³-hybridized carbons (Fsp3) is 0.235. The molecule has 1 N–H and O–H groups in total. The second-order valence-electron chi connectivity index (χ2n) is 5.06. The van der Waals surface area contributed by atoms with Crippen molar-refractivity contribution in [2.75, 3.05) is 0 Å². The lowest BCUT2D eigenvalue weighted by Gasteiger charge is -2.06. The fourth-order valence-corrected chi connectivity index (χ4v) is 2.74. The van der Waals surface area contributed by atoms with E-state index in [-0.39, 0.29) is 0 Å². The van der Waals surface area contributed by atoms with Crippen LogP contribution in [-0.2, 0) is 6.54 Å². The van der Waals surface area contributed by atoms with Gasteiger partial charge in [-0.3, -0.25) is 0 Å². The molecule has 20 heavy (non-hydrogen) atoms. The van der Waals surface area contributed by atoms with Crippen LogP contribution in [0, 0.1) is 0 Å². The third-order valence-corrected chi connectivity index (χ3v) is 3.75. The number of carbonyl (C=O) groups is 1. The Morgan fingerprint density at radius 3 is 2.60 bits per heavy atom. The SMILES string of the molecule is CCCCn1c2ccccc2c2cc(C(=O)O)ccc21. The van der Waals surface area contributed by atoms with E-state index in [9.17, 15) is 4.79 Å². The van der Waals surface area contributed by atoms with Gasteiger partial charge in [-0.1, -0.05) is 31.5 Å². The molecule has 0 aliphatic rings. The minimum atomic E-state index is -0.878. The molecule has 0 aliphatic heterocycles. The number of hydrogen-bond acceptors (Lipinski definition) is 1. The maximum atomic E-state index is 11.2. The van der Waals surface area contributed by atoms with Gasteiger partial charge in [-0.05, 0) is 30.7 Å². The Kier molecular flexibility index (Phi) is 3.18. The quantitative estimate of drug-likeness (QED) is 0.766. The summed E-state index contributed by atoms with van der Waals surface area (Å²) in [5.74, 6) is -0.878. The highest BCUT2D eigenvalue weighted by atomic mass is 16.4. The van der Waals surface area contributed by atoms with Gasteiger partial charge in [-0.25, -0.2) is 4.79 Å². The predicted octanol–water partition coefficient (Wildman–Crippen LogP) is 4.29. The third-order valence-electron chi connectivity index (χ3n) is 3.75. The van der Waals surface area contributed by atoms with Crippen LogP contribution < -0.4 is 0 Å². The summed E-state index contributed by atoms with van der Waals surface area (Å²) < 4.78 is 2.29. The van der Waals surface area contributed by atoms with Crippen molar-refractivity contribution < 1.29 is 9.90 Å². The van der Waals surface area contributed by atoms with Crippen LogP contribution in [0.1, 0.15) is 30.1 Å². The maximum absolute atomic E-state index is 11.2. The van der Waals surface area contributed by atoms with Gasteiger partial charge in [0.1, 0.15) is 0 Å². The largest absolute Gasteiger partial charge is 0.478 e. The molecule has 0 unspecified atom stereocenters. The Morgan fingerprint density at radius 1 is 1.10 bits per heavy atom. The topological polar surface area (TPSA) is 42.2 Å². The zero-order chi connectivity index (χ0) is 14.1. The second-order valence-corrected chi connectivity index (χ2v) is 5.06. The summed E-state index contributed by atoms with van der Waals surface area (Å²) in [6.45, 7) is 3.14. The number of hydrogen-bond donors (Lipinski definition) is 1. The van der Waals surface area contributed by atoms with Crippen molar-refractivity contribution in [3.8, 4) is 0 Å². The van der Waals surface area contributed by atoms with Crippen LogP contribution in [-0.4, -0.2) is 15.6 Å². The molecule has 3 aromatic rings. The van der Waals surface area contributed by atoms with E-state index in [1.165, 1.54) is 5.52 Å². The summed E-state index contributed by atoms with van der Waals surface area (Å²) in [7, 11) is 0. The molecular weight excluding hydrogens is 250 g/mol. The van der Waals surface area contributed by atoms with Crippen LogP contribution >= 0.6 is 0 Å². The predicted molar refractivity (Wildman–Crippen MR) is 81.3 cm³/mol. The maximum Gasteiger partial charge on any atom is 0.335 e. The molecule has 0 amide bonds. The van der Waals surface area contributed by atoms with Gasteiger partial charge in [0, 0.05) is 28.4 Å². The summed E-state index contributed by atoms with van der Waals surface area (Å²) in [5.41, 5.74) is 2.64. The number of carboxylic acid groups (broad SMARTS) is 1. The first-order valence-electron chi connectivity index (χ1n) is 6.96. The molecule has 0 atom stereocenters. The smallest absolute Gasteiger partial charge is 0.335 e. The van der Waals surface area contributed by atoms with Crippen molar-refractivity contribution in [2.24, 2.45) is 0 Å². The average Bonchev–Trinajstić information content (AvgIpc) is 2.78. The third kappa shape index (κ3) is 1.95. The van der Waals surface area contributed by atoms with Gasteiger partial charge >= 0.3 is 5.97 Å². The van der Waals surface area contributed by atoms with E-state index in [0.717, 1.165) is 35.7 Å². The van der Waals surface area contributed by atoms with Gasteiger partial charge in [0.05, 0.1) is 5.56 Å². The Bertz CT molecular complexity index is 786. The van der Waals surface area contributed by atoms with E-state index in [0.29, 0.717) is 5.56 Å². The second kappa shape index (κ2) is 5.00. The molecule has 2 aromatic carbocycles. The minimum absolute atomic E-state index is 0.343. The van der Waals surface area contributed by atoms with E-state index in [2.05, 4.69) is 23.6 Å². The molecule has 0 aliphatic carbocycles. The molecule has 3 nitrogen and oxygen atoms in total. The number of carboxylic acids is 1. The summed E-state index contributed by atoms with van der Waals surface area (Å²) >= 11 is 0. The summed E-state index contributed by atoms with van der Waals surface area (Å²) in [6.07, 6.45) is 2.26. The van der Waals surface area contributed by atoms with Crippen LogP contribution in [0.2, 0.25) is 0 Å². The number of unbranched alkanes of at least 4 members (excludes halogenated alkanes) is 1. The molecule has 0 saturated heterocycles. The first-order chi connectivity index (χ1) is 9.72. The van der Waals surface area contributed by atoms with Gasteiger partial charge < -0.3 is 9.67 Å². The lowest BCUT2D eigenvalue weighted by atomic mass is 10.1. The molecule has 1 aromatic heterocycles. The van der Waals surface area contributed by atoms with Gasteiger partial charge in [0.2, 0.25) is 0 Å². The van der Waals surface area contributed by atoms with Crippen LogP contribution in [0.15, 0.2) is 42.5 Å². The number of aromatic nitrogens is 1. The normalized spacial score (nSPS) is 11.2. The van der Waals surface area contributed by atoms with E-state index < -0.39 is 5.97 Å². The number of rotatable bonds is 4. The fourth-order valence-electron chi connectivity index (χ4n) is 2.74. The van der Waals surface area contributed by atoms with E-state index in [1.807, 2.05) is 18.2 Å². The molecule has 102 valence electrons. The molecule has 1 heterocycles. The molecule has 0 saturated carbocycles. The molecule has 3 rings (SSSR count). The van der Waals surface area contributed by atoms with Crippen LogP contribution in [0.25, 0.3) is 21.8 Å². The van der Waals surface area contributed by atoms with E-state index >= 15 is 0 Å². The number of aryl methyl sites for hydroxylation is 1. The number of aromatic carboxylic acids is 1. The zero-order valence-electron chi connectivity index (χ0n) is 11.5. The first-order valence-corrected chi connectivity index (χ1v) is 6.96. The van der Waals surface area contributed by atoms with Crippen LogP contribution in [0.5, 0.6) is 0 Å².